The Balaban J connectivity index is 2.55. The second-order valence-electron chi connectivity index (χ2n) is 2.87. The zero-order chi connectivity index (χ0) is 9.97. The Bertz CT molecular complexity index is 457. The molecular weight excluding hydrogens is 242 g/mol. The molecule has 70 valence electrons. The summed E-state index contributed by atoms with van der Waals surface area (Å²) in [6.07, 6.45) is 3.22. The quantitative estimate of drug-likeness (QED) is 0.845. The van der Waals surface area contributed by atoms with Crippen molar-refractivity contribution >= 4 is 21.6 Å². The number of benzene rings is 1. The summed E-state index contributed by atoms with van der Waals surface area (Å²) in [5.74, 6) is 0. The number of nitrogens with zero attached hydrogens (tertiary/aromatic N) is 2. The van der Waals surface area contributed by atoms with Crippen LogP contribution in [0.5, 0.6) is 0 Å². The zero-order valence-corrected chi connectivity index (χ0v) is 8.90. The smallest absolute Gasteiger partial charge is 0.0732 e. The Kier molecular flexibility index (Phi) is 2.45. The fourth-order valence-corrected chi connectivity index (χ4v) is 1.63. The van der Waals surface area contributed by atoms with Crippen LogP contribution in [0.4, 0.5) is 5.69 Å². The Hall–Kier alpha value is -1.42. The van der Waals surface area contributed by atoms with E-state index in [1.54, 1.807) is 12.4 Å². The first-order chi connectivity index (χ1) is 6.77. The van der Waals surface area contributed by atoms with Gasteiger partial charge in [0.15, 0.2) is 0 Å². The lowest BCUT2D eigenvalue weighted by Gasteiger charge is -2.03. The number of hydrogen-bond donors (Lipinski definition) is 1. The van der Waals surface area contributed by atoms with E-state index in [2.05, 4.69) is 26.1 Å². The molecule has 1 heterocycles. The Labute approximate surface area is 90.1 Å². The minimum absolute atomic E-state index is 0.637. The molecular formula is C10H8BrN3. The average Bonchev–Trinajstić information content (AvgIpc) is 2.18. The minimum Gasteiger partial charge on any atom is -0.397 e. The molecule has 2 N–H and O–H groups in total. The highest BCUT2D eigenvalue weighted by molar-refractivity contribution is 9.10. The van der Waals surface area contributed by atoms with Crippen LogP contribution in [0.15, 0.2) is 41.1 Å². The van der Waals surface area contributed by atoms with E-state index in [9.17, 15) is 0 Å². The fraction of sp³-hybridized carbons (Fsp3) is 0. The highest BCUT2D eigenvalue weighted by atomic mass is 79.9. The van der Waals surface area contributed by atoms with Gasteiger partial charge in [0.2, 0.25) is 0 Å². The van der Waals surface area contributed by atoms with Crippen LogP contribution in [0.2, 0.25) is 0 Å². The van der Waals surface area contributed by atoms with E-state index in [0.717, 1.165) is 15.6 Å². The highest BCUT2D eigenvalue weighted by Crippen LogP contribution is 2.26. The molecule has 0 spiro atoms. The van der Waals surface area contributed by atoms with Gasteiger partial charge in [-0.25, -0.2) is 0 Å². The van der Waals surface area contributed by atoms with Crippen LogP contribution in [-0.4, -0.2) is 10.2 Å². The number of anilines is 1. The van der Waals surface area contributed by atoms with Gasteiger partial charge >= 0.3 is 0 Å². The number of hydrogen-bond acceptors (Lipinski definition) is 3. The molecule has 0 aliphatic carbocycles. The third-order valence-corrected chi connectivity index (χ3v) is 2.39. The Morgan fingerprint density at radius 2 is 1.93 bits per heavy atom. The summed E-state index contributed by atoms with van der Waals surface area (Å²) < 4.78 is 1.02. The number of nitrogen functional groups attached to an aromatic ring is 1. The molecule has 0 aliphatic rings. The third kappa shape index (κ3) is 1.75. The van der Waals surface area contributed by atoms with Crippen LogP contribution in [0.1, 0.15) is 0 Å². The molecule has 1 aromatic heterocycles. The molecule has 0 fully saturated rings. The minimum atomic E-state index is 0.637. The molecule has 3 nitrogen and oxygen atoms in total. The van der Waals surface area contributed by atoms with Gasteiger partial charge < -0.3 is 5.73 Å². The van der Waals surface area contributed by atoms with Gasteiger partial charge in [0.05, 0.1) is 18.1 Å². The average molecular weight is 250 g/mol. The first-order valence-corrected chi connectivity index (χ1v) is 4.89. The zero-order valence-electron chi connectivity index (χ0n) is 7.31. The van der Waals surface area contributed by atoms with E-state index in [4.69, 9.17) is 5.73 Å². The molecule has 1 aromatic carbocycles. The van der Waals surface area contributed by atoms with Crippen molar-refractivity contribution < 1.29 is 0 Å². The number of aromatic nitrogens is 2. The van der Waals surface area contributed by atoms with Crippen molar-refractivity contribution in [3.8, 4) is 11.1 Å². The van der Waals surface area contributed by atoms with Crippen LogP contribution in [0.3, 0.4) is 0 Å². The molecule has 2 aromatic rings. The van der Waals surface area contributed by atoms with Crippen LogP contribution >= 0.6 is 15.9 Å². The summed E-state index contributed by atoms with van der Waals surface area (Å²) in [5, 5.41) is 7.51. The van der Waals surface area contributed by atoms with Crippen molar-refractivity contribution in [3.63, 3.8) is 0 Å². The van der Waals surface area contributed by atoms with Crippen LogP contribution in [0.25, 0.3) is 11.1 Å². The SMILES string of the molecule is Nc1cnncc1-c1cccc(Br)c1. The maximum Gasteiger partial charge on any atom is 0.0732 e. The first-order valence-electron chi connectivity index (χ1n) is 4.09. The summed E-state index contributed by atoms with van der Waals surface area (Å²) >= 11 is 3.41. The predicted octanol–water partition coefficient (Wildman–Crippen LogP) is 2.49. The molecule has 0 saturated carbocycles. The third-order valence-electron chi connectivity index (χ3n) is 1.90. The topological polar surface area (TPSA) is 51.8 Å². The van der Waals surface area contributed by atoms with Crippen LogP contribution in [-0.2, 0) is 0 Å². The Morgan fingerprint density at radius 3 is 2.64 bits per heavy atom. The molecule has 0 aliphatic heterocycles. The van der Waals surface area contributed by atoms with E-state index < -0.39 is 0 Å². The summed E-state index contributed by atoms with van der Waals surface area (Å²) in [6.45, 7) is 0. The van der Waals surface area contributed by atoms with E-state index >= 15 is 0 Å². The van der Waals surface area contributed by atoms with E-state index in [1.807, 2.05) is 24.3 Å². The van der Waals surface area contributed by atoms with Gasteiger partial charge in [0, 0.05) is 10.0 Å². The monoisotopic (exact) mass is 249 g/mol. The van der Waals surface area contributed by atoms with Gasteiger partial charge in [-0.15, -0.1) is 0 Å². The normalized spacial score (nSPS) is 10.1. The molecule has 0 unspecified atom stereocenters. The summed E-state index contributed by atoms with van der Waals surface area (Å²) in [7, 11) is 0. The maximum absolute atomic E-state index is 5.78. The Morgan fingerprint density at radius 1 is 1.14 bits per heavy atom. The standard InChI is InChI=1S/C10H8BrN3/c11-8-3-1-2-7(4-8)9-5-13-14-6-10(9)12/h1-6H,(H2,12,13). The molecule has 0 saturated heterocycles. The molecule has 0 atom stereocenters. The van der Waals surface area contributed by atoms with Gasteiger partial charge in [-0.1, -0.05) is 28.1 Å². The van der Waals surface area contributed by atoms with Crippen molar-refractivity contribution in [2.75, 3.05) is 5.73 Å². The molecule has 14 heavy (non-hydrogen) atoms. The largest absolute Gasteiger partial charge is 0.397 e. The van der Waals surface area contributed by atoms with E-state index in [1.165, 1.54) is 0 Å². The summed E-state index contributed by atoms with van der Waals surface area (Å²) in [6, 6.07) is 7.90. The van der Waals surface area contributed by atoms with Crippen molar-refractivity contribution in [1.29, 1.82) is 0 Å². The second-order valence-corrected chi connectivity index (χ2v) is 3.78. The van der Waals surface area contributed by atoms with Crippen molar-refractivity contribution in [2.24, 2.45) is 0 Å². The lowest BCUT2D eigenvalue weighted by atomic mass is 10.1. The molecule has 0 bridgehead atoms. The first kappa shape index (κ1) is 9.15. The summed E-state index contributed by atoms with van der Waals surface area (Å²) in [4.78, 5) is 0. The molecule has 2 rings (SSSR count). The second kappa shape index (κ2) is 3.75. The number of nitrogens with two attached hydrogens (primary N) is 1. The number of rotatable bonds is 1. The maximum atomic E-state index is 5.78. The van der Waals surface area contributed by atoms with Gasteiger partial charge in [0.25, 0.3) is 0 Å². The predicted molar refractivity (Wildman–Crippen MR) is 59.6 cm³/mol. The van der Waals surface area contributed by atoms with Crippen molar-refractivity contribution in [2.45, 2.75) is 0 Å². The van der Waals surface area contributed by atoms with Gasteiger partial charge in [-0.05, 0) is 17.7 Å². The molecule has 0 amide bonds. The van der Waals surface area contributed by atoms with Crippen LogP contribution in [0, 0.1) is 0 Å². The van der Waals surface area contributed by atoms with Gasteiger partial charge in [0.1, 0.15) is 0 Å². The van der Waals surface area contributed by atoms with Gasteiger partial charge in [-0.3, -0.25) is 0 Å². The molecule has 0 radical (unpaired) electrons. The summed E-state index contributed by atoms with van der Waals surface area (Å²) in [5.41, 5.74) is 8.36. The van der Waals surface area contributed by atoms with Crippen molar-refractivity contribution in [3.05, 3.63) is 41.1 Å². The highest BCUT2D eigenvalue weighted by Gasteiger charge is 2.02. The van der Waals surface area contributed by atoms with Crippen LogP contribution < -0.4 is 5.73 Å². The lowest BCUT2D eigenvalue weighted by molar-refractivity contribution is 1.04. The fourth-order valence-electron chi connectivity index (χ4n) is 1.23. The van der Waals surface area contributed by atoms with E-state index in [-0.39, 0.29) is 0 Å². The molecule has 4 heteroatoms. The van der Waals surface area contributed by atoms with E-state index in [0.29, 0.717) is 5.69 Å². The van der Waals surface area contributed by atoms with Crippen molar-refractivity contribution in [1.82, 2.24) is 10.2 Å². The lowest BCUT2D eigenvalue weighted by Crippen LogP contribution is -1.92. The van der Waals surface area contributed by atoms with Gasteiger partial charge in [-0.2, -0.15) is 10.2 Å². The number of halogens is 1.